The van der Waals surface area contributed by atoms with Gasteiger partial charge in [-0.3, -0.25) is 0 Å². The zero-order valence-corrected chi connectivity index (χ0v) is 12.5. The number of nitrogens with zero attached hydrogens (tertiary/aromatic N) is 1. The standard InChI is InChI=1S/C18H13NO5/c20-16-15(17(21)24-18(22)23-16)11-12-19(13-7-3-1-4-8-13)14-9-5-2-6-10-14/h1-11H,12H2. The quantitative estimate of drug-likeness (QED) is 0.373. The van der Waals surface area contributed by atoms with Gasteiger partial charge in [-0.05, 0) is 30.3 Å². The molecule has 0 aromatic heterocycles. The predicted octanol–water partition coefficient (Wildman–Crippen LogP) is 2.97. The summed E-state index contributed by atoms with van der Waals surface area (Å²) in [5, 5.41) is 0. The van der Waals surface area contributed by atoms with Crippen molar-refractivity contribution in [2.45, 2.75) is 0 Å². The van der Waals surface area contributed by atoms with E-state index in [9.17, 15) is 14.4 Å². The second kappa shape index (κ2) is 6.78. The van der Waals surface area contributed by atoms with Gasteiger partial charge in [-0.15, -0.1) is 0 Å². The number of para-hydroxylation sites is 2. The first-order valence-electron chi connectivity index (χ1n) is 7.21. The molecule has 2 aromatic carbocycles. The molecule has 0 bridgehead atoms. The van der Waals surface area contributed by atoms with E-state index in [0.717, 1.165) is 11.4 Å². The predicted molar refractivity (Wildman–Crippen MR) is 85.6 cm³/mol. The molecule has 1 aliphatic rings. The van der Waals surface area contributed by atoms with Crippen molar-refractivity contribution in [2.24, 2.45) is 0 Å². The van der Waals surface area contributed by atoms with E-state index in [2.05, 4.69) is 9.47 Å². The number of carbonyl (C=O) groups is 3. The van der Waals surface area contributed by atoms with Gasteiger partial charge in [-0.25, -0.2) is 14.4 Å². The van der Waals surface area contributed by atoms with Crippen LogP contribution in [0, 0.1) is 0 Å². The average Bonchev–Trinajstić information content (AvgIpc) is 2.59. The lowest BCUT2D eigenvalue weighted by Crippen LogP contribution is -2.31. The molecule has 0 unspecified atom stereocenters. The maximum absolute atomic E-state index is 11.7. The zero-order chi connectivity index (χ0) is 16.9. The van der Waals surface area contributed by atoms with E-state index in [0.29, 0.717) is 0 Å². The molecule has 1 fully saturated rings. The molecule has 24 heavy (non-hydrogen) atoms. The van der Waals surface area contributed by atoms with Crippen LogP contribution in [0.25, 0.3) is 0 Å². The molecule has 0 atom stereocenters. The van der Waals surface area contributed by atoms with Crippen LogP contribution in [0.15, 0.2) is 72.3 Å². The van der Waals surface area contributed by atoms with Gasteiger partial charge in [0.25, 0.3) is 0 Å². The summed E-state index contributed by atoms with van der Waals surface area (Å²) in [6.07, 6.45) is 0.0852. The largest absolute Gasteiger partial charge is 0.524 e. The molecule has 2 aromatic rings. The lowest BCUT2D eigenvalue weighted by atomic mass is 10.2. The Morgan fingerprint density at radius 1 is 0.750 bits per heavy atom. The van der Waals surface area contributed by atoms with Gasteiger partial charge < -0.3 is 14.4 Å². The summed E-state index contributed by atoms with van der Waals surface area (Å²) >= 11 is 0. The molecule has 0 saturated carbocycles. The molecule has 1 aliphatic heterocycles. The molecule has 0 amide bonds. The van der Waals surface area contributed by atoms with Crippen molar-refractivity contribution in [3.05, 3.63) is 72.3 Å². The molecule has 6 nitrogen and oxygen atoms in total. The number of anilines is 2. The molecule has 0 N–H and O–H groups in total. The van der Waals surface area contributed by atoms with E-state index >= 15 is 0 Å². The van der Waals surface area contributed by atoms with Crippen LogP contribution in [0.5, 0.6) is 0 Å². The number of hydrogen-bond acceptors (Lipinski definition) is 6. The van der Waals surface area contributed by atoms with Crippen molar-refractivity contribution in [2.75, 3.05) is 11.4 Å². The van der Waals surface area contributed by atoms with Gasteiger partial charge in [0.2, 0.25) is 0 Å². The maximum atomic E-state index is 11.7. The van der Waals surface area contributed by atoms with Gasteiger partial charge in [0.15, 0.2) is 0 Å². The van der Waals surface area contributed by atoms with Crippen LogP contribution in [0.4, 0.5) is 16.2 Å². The summed E-state index contributed by atoms with van der Waals surface area (Å²) in [6.45, 7) is 0.224. The number of benzene rings is 2. The minimum absolute atomic E-state index is 0.224. The molecule has 120 valence electrons. The lowest BCUT2D eigenvalue weighted by molar-refractivity contribution is -0.150. The smallest absolute Gasteiger partial charge is 0.356 e. The van der Waals surface area contributed by atoms with Gasteiger partial charge in [0.05, 0.1) is 0 Å². The number of cyclic esters (lactones) is 4. The van der Waals surface area contributed by atoms with Crippen molar-refractivity contribution in [3.63, 3.8) is 0 Å². The first-order valence-corrected chi connectivity index (χ1v) is 7.21. The molecule has 1 heterocycles. The van der Waals surface area contributed by atoms with Crippen molar-refractivity contribution < 1.29 is 23.9 Å². The fourth-order valence-corrected chi connectivity index (χ4v) is 2.29. The third kappa shape index (κ3) is 3.33. The van der Waals surface area contributed by atoms with Crippen molar-refractivity contribution in [1.82, 2.24) is 0 Å². The summed E-state index contributed by atoms with van der Waals surface area (Å²) in [5.74, 6) is -2.00. The van der Waals surface area contributed by atoms with Crippen LogP contribution in [-0.2, 0) is 19.1 Å². The minimum Gasteiger partial charge on any atom is -0.356 e. The highest BCUT2D eigenvalue weighted by Crippen LogP contribution is 2.25. The van der Waals surface area contributed by atoms with Crippen LogP contribution in [-0.4, -0.2) is 24.6 Å². The topological polar surface area (TPSA) is 72.9 Å². The molecule has 3 rings (SSSR count). The third-order valence-electron chi connectivity index (χ3n) is 3.41. The van der Waals surface area contributed by atoms with Gasteiger partial charge in [0.1, 0.15) is 5.57 Å². The Labute approximate surface area is 137 Å². The summed E-state index contributed by atoms with van der Waals surface area (Å²) in [6, 6.07) is 19.0. The summed E-state index contributed by atoms with van der Waals surface area (Å²) < 4.78 is 8.61. The van der Waals surface area contributed by atoms with Crippen LogP contribution in [0.2, 0.25) is 0 Å². The van der Waals surface area contributed by atoms with Crippen LogP contribution in [0.1, 0.15) is 0 Å². The van der Waals surface area contributed by atoms with E-state index < -0.39 is 18.1 Å². The van der Waals surface area contributed by atoms with E-state index in [1.54, 1.807) is 0 Å². The zero-order valence-electron chi connectivity index (χ0n) is 12.5. The van der Waals surface area contributed by atoms with Gasteiger partial charge >= 0.3 is 18.1 Å². The Kier molecular flexibility index (Phi) is 4.38. The van der Waals surface area contributed by atoms with Gasteiger partial charge in [-0.2, -0.15) is 0 Å². The number of ether oxygens (including phenoxy) is 2. The lowest BCUT2D eigenvalue weighted by Gasteiger charge is -2.24. The highest BCUT2D eigenvalue weighted by molar-refractivity contribution is 6.20. The minimum atomic E-state index is -1.30. The highest BCUT2D eigenvalue weighted by Gasteiger charge is 2.32. The maximum Gasteiger partial charge on any atom is 0.524 e. The average molecular weight is 323 g/mol. The number of hydrogen-bond donors (Lipinski definition) is 0. The Hall–Kier alpha value is -3.41. The van der Waals surface area contributed by atoms with Crippen molar-refractivity contribution in [3.8, 4) is 0 Å². The van der Waals surface area contributed by atoms with E-state index in [1.807, 2.05) is 65.6 Å². The van der Waals surface area contributed by atoms with E-state index in [-0.39, 0.29) is 12.1 Å². The molecular formula is C18H13NO5. The van der Waals surface area contributed by atoms with Crippen LogP contribution < -0.4 is 4.90 Å². The van der Waals surface area contributed by atoms with E-state index in [1.165, 1.54) is 6.08 Å². The Morgan fingerprint density at radius 3 is 1.67 bits per heavy atom. The second-order valence-corrected chi connectivity index (χ2v) is 4.93. The van der Waals surface area contributed by atoms with Crippen LogP contribution >= 0.6 is 0 Å². The molecule has 0 radical (unpaired) electrons. The first kappa shape index (κ1) is 15.5. The fourth-order valence-electron chi connectivity index (χ4n) is 2.29. The highest BCUT2D eigenvalue weighted by atomic mass is 16.8. The molecule has 0 spiro atoms. The van der Waals surface area contributed by atoms with Crippen molar-refractivity contribution in [1.29, 1.82) is 0 Å². The number of carbonyl (C=O) groups excluding carboxylic acids is 3. The summed E-state index contributed by atoms with van der Waals surface area (Å²) in [5.41, 5.74) is 1.47. The molecule has 1 saturated heterocycles. The SMILES string of the molecule is O=C1OC(=O)C(=CCN(c2ccccc2)c2ccccc2)C(=O)O1. The first-order chi connectivity index (χ1) is 11.6. The molecule has 0 aliphatic carbocycles. The summed E-state index contributed by atoms with van der Waals surface area (Å²) in [4.78, 5) is 36.1. The molecular weight excluding hydrogens is 310 g/mol. The summed E-state index contributed by atoms with van der Waals surface area (Å²) in [7, 11) is 0. The van der Waals surface area contributed by atoms with Crippen molar-refractivity contribution >= 4 is 29.5 Å². The Balaban J connectivity index is 1.90. The normalized spacial score (nSPS) is 14.0. The molecule has 6 heteroatoms. The monoisotopic (exact) mass is 323 g/mol. The fraction of sp³-hybridized carbons (Fsp3) is 0.0556. The number of rotatable bonds is 4. The third-order valence-corrected chi connectivity index (χ3v) is 3.41. The van der Waals surface area contributed by atoms with Gasteiger partial charge in [-0.1, -0.05) is 36.4 Å². The number of esters is 2. The van der Waals surface area contributed by atoms with E-state index in [4.69, 9.17) is 0 Å². The second-order valence-electron chi connectivity index (χ2n) is 4.93. The Morgan fingerprint density at radius 2 is 1.21 bits per heavy atom. The Bertz CT molecular complexity index is 737. The van der Waals surface area contributed by atoms with Gasteiger partial charge in [0, 0.05) is 17.9 Å². The van der Waals surface area contributed by atoms with Crippen LogP contribution in [0.3, 0.4) is 0 Å².